The molecule has 0 atom stereocenters. The average Bonchev–Trinajstić information content (AvgIpc) is 2.75. The van der Waals surface area contributed by atoms with Gasteiger partial charge in [-0.25, -0.2) is 0 Å². The molecule has 0 saturated carbocycles. The minimum absolute atomic E-state index is 0.719. The van der Waals surface area contributed by atoms with Gasteiger partial charge in [0.1, 0.15) is 6.26 Å². The zero-order chi connectivity index (χ0) is 10.8. The molecule has 0 N–H and O–H groups in total. The monoisotopic (exact) mass is 213 g/mol. The van der Waals surface area contributed by atoms with Crippen LogP contribution in [0, 0.1) is 0 Å². The molecule has 1 aromatic rings. The van der Waals surface area contributed by atoms with Crippen molar-refractivity contribution >= 4 is 0 Å². The summed E-state index contributed by atoms with van der Waals surface area (Å²) in [6.07, 6.45) is 5.79. The molecule has 1 aromatic heterocycles. The second-order valence-electron chi connectivity index (χ2n) is 3.41. The summed E-state index contributed by atoms with van der Waals surface area (Å²) >= 11 is 0. The van der Waals surface area contributed by atoms with E-state index < -0.39 is 0 Å². The minimum Gasteiger partial charge on any atom is -0.385 e. The molecule has 0 fully saturated rings. The van der Waals surface area contributed by atoms with E-state index in [0.29, 0.717) is 0 Å². The van der Waals surface area contributed by atoms with Crippen LogP contribution < -0.4 is 0 Å². The summed E-state index contributed by atoms with van der Waals surface area (Å²) in [5.41, 5.74) is 0.953. The minimum atomic E-state index is 0.719. The molecule has 15 heavy (non-hydrogen) atoms. The van der Waals surface area contributed by atoms with Gasteiger partial charge in [-0.1, -0.05) is 5.16 Å². The molecule has 0 bridgehead atoms. The molecule has 1 heterocycles. The molecule has 0 aliphatic heterocycles. The van der Waals surface area contributed by atoms with Gasteiger partial charge in [-0.15, -0.1) is 0 Å². The molecule has 0 unspecified atom stereocenters. The Labute approximate surface area is 90.5 Å². The van der Waals surface area contributed by atoms with Gasteiger partial charge < -0.3 is 14.0 Å². The van der Waals surface area contributed by atoms with Crippen LogP contribution in [0.25, 0.3) is 0 Å². The van der Waals surface area contributed by atoms with Crippen molar-refractivity contribution in [2.75, 3.05) is 26.9 Å². The fraction of sp³-hybridized carbons (Fsp3) is 0.727. The van der Waals surface area contributed by atoms with Gasteiger partial charge >= 0.3 is 0 Å². The predicted molar refractivity (Wildman–Crippen MR) is 56.8 cm³/mol. The van der Waals surface area contributed by atoms with Crippen molar-refractivity contribution in [3.63, 3.8) is 0 Å². The third-order valence-electron chi connectivity index (χ3n) is 2.13. The molecule has 0 aliphatic rings. The number of nitrogens with zero attached hydrogens (tertiary/aromatic N) is 1. The van der Waals surface area contributed by atoms with E-state index in [1.54, 1.807) is 13.4 Å². The maximum absolute atomic E-state index is 5.46. The van der Waals surface area contributed by atoms with Crippen LogP contribution in [0.3, 0.4) is 0 Å². The second kappa shape index (κ2) is 8.44. The summed E-state index contributed by atoms with van der Waals surface area (Å²) in [5.74, 6) is 0. The third kappa shape index (κ3) is 6.25. The van der Waals surface area contributed by atoms with Gasteiger partial charge in [-0.2, -0.15) is 0 Å². The molecule has 0 spiro atoms. The van der Waals surface area contributed by atoms with Crippen molar-refractivity contribution in [3.8, 4) is 0 Å². The SMILES string of the molecule is COCCCCCOCCc1ccon1. The second-order valence-corrected chi connectivity index (χ2v) is 3.41. The van der Waals surface area contributed by atoms with Crippen molar-refractivity contribution in [1.29, 1.82) is 0 Å². The number of methoxy groups -OCH3 is 1. The molecule has 0 aliphatic carbocycles. The zero-order valence-corrected chi connectivity index (χ0v) is 9.28. The van der Waals surface area contributed by atoms with Gasteiger partial charge in [0.05, 0.1) is 12.3 Å². The number of rotatable bonds is 9. The molecule has 4 nitrogen and oxygen atoms in total. The zero-order valence-electron chi connectivity index (χ0n) is 9.28. The van der Waals surface area contributed by atoms with Gasteiger partial charge in [-0.05, 0) is 19.3 Å². The van der Waals surface area contributed by atoms with Crippen LogP contribution in [-0.4, -0.2) is 32.1 Å². The van der Waals surface area contributed by atoms with E-state index in [4.69, 9.17) is 14.0 Å². The topological polar surface area (TPSA) is 44.5 Å². The number of ether oxygens (including phenoxy) is 2. The first kappa shape index (κ1) is 12.2. The molecular formula is C11H19NO3. The van der Waals surface area contributed by atoms with Crippen LogP contribution in [0.1, 0.15) is 25.0 Å². The lowest BCUT2D eigenvalue weighted by molar-refractivity contribution is 0.127. The van der Waals surface area contributed by atoms with E-state index in [2.05, 4.69) is 5.16 Å². The highest BCUT2D eigenvalue weighted by atomic mass is 16.5. The van der Waals surface area contributed by atoms with Crippen LogP contribution in [0.2, 0.25) is 0 Å². The fourth-order valence-electron chi connectivity index (χ4n) is 1.27. The molecule has 4 heteroatoms. The standard InChI is InChI=1S/C11H19NO3/c1-13-7-3-2-4-8-14-9-5-11-6-10-15-12-11/h6,10H,2-5,7-9H2,1H3. The van der Waals surface area contributed by atoms with Gasteiger partial charge in [0.25, 0.3) is 0 Å². The average molecular weight is 213 g/mol. The quantitative estimate of drug-likeness (QED) is 0.589. The molecule has 0 saturated heterocycles. The van der Waals surface area contributed by atoms with E-state index in [0.717, 1.165) is 51.2 Å². The van der Waals surface area contributed by atoms with Crippen LogP contribution in [0.4, 0.5) is 0 Å². The van der Waals surface area contributed by atoms with Crippen LogP contribution in [-0.2, 0) is 15.9 Å². The van der Waals surface area contributed by atoms with Crippen molar-refractivity contribution in [3.05, 3.63) is 18.0 Å². The van der Waals surface area contributed by atoms with E-state index in [1.165, 1.54) is 0 Å². The van der Waals surface area contributed by atoms with Gasteiger partial charge in [0, 0.05) is 32.8 Å². The first-order valence-electron chi connectivity index (χ1n) is 5.39. The lowest BCUT2D eigenvalue weighted by atomic mass is 10.2. The molecular weight excluding hydrogens is 194 g/mol. The molecule has 86 valence electrons. The van der Waals surface area contributed by atoms with Crippen LogP contribution in [0.5, 0.6) is 0 Å². The number of aromatic nitrogens is 1. The van der Waals surface area contributed by atoms with Crippen LogP contribution in [0.15, 0.2) is 16.9 Å². The highest BCUT2D eigenvalue weighted by Crippen LogP contribution is 1.98. The maximum Gasteiger partial charge on any atom is 0.124 e. The Hall–Kier alpha value is -0.870. The van der Waals surface area contributed by atoms with Gasteiger partial charge in [0.15, 0.2) is 0 Å². The Kier molecular flexibility index (Phi) is 6.86. The summed E-state index contributed by atoms with van der Waals surface area (Å²) in [6.45, 7) is 2.39. The molecule has 0 radical (unpaired) electrons. The fourth-order valence-corrected chi connectivity index (χ4v) is 1.27. The Balaban J connectivity index is 1.81. The summed E-state index contributed by atoms with van der Waals surface area (Å²) in [7, 11) is 1.73. The summed E-state index contributed by atoms with van der Waals surface area (Å²) in [5, 5.41) is 3.80. The Bertz CT molecular complexity index is 224. The lowest BCUT2D eigenvalue weighted by Gasteiger charge is -2.02. The lowest BCUT2D eigenvalue weighted by Crippen LogP contribution is -2.01. The number of hydrogen-bond acceptors (Lipinski definition) is 4. The Morgan fingerprint density at radius 1 is 1.20 bits per heavy atom. The van der Waals surface area contributed by atoms with Gasteiger partial charge in [-0.3, -0.25) is 0 Å². The van der Waals surface area contributed by atoms with Crippen molar-refractivity contribution in [1.82, 2.24) is 5.16 Å². The number of unbranched alkanes of at least 4 members (excludes halogenated alkanes) is 2. The Morgan fingerprint density at radius 2 is 2.07 bits per heavy atom. The molecule has 0 amide bonds. The largest absolute Gasteiger partial charge is 0.385 e. The highest BCUT2D eigenvalue weighted by Gasteiger charge is 1.96. The summed E-state index contributed by atoms with van der Waals surface area (Å²) in [4.78, 5) is 0. The van der Waals surface area contributed by atoms with Crippen LogP contribution >= 0.6 is 0 Å². The first-order chi connectivity index (χ1) is 7.43. The normalized spacial score (nSPS) is 10.7. The predicted octanol–water partition coefficient (Wildman–Crippen LogP) is 2.05. The molecule has 1 rings (SSSR count). The maximum atomic E-state index is 5.46. The van der Waals surface area contributed by atoms with E-state index in [1.807, 2.05) is 6.07 Å². The Morgan fingerprint density at radius 3 is 2.80 bits per heavy atom. The summed E-state index contributed by atoms with van der Waals surface area (Å²) < 4.78 is 15.1. The smallest absolute Gasteiger partial charge is 0.124 e. The molecule has 0 aromatic carbocycles. The van der Waals surface area contributed by atoms with Gasteiger partial charge in [0.2, 0.25) is 0 Å². The van der Waals surface area contributed by atoms with E-state index in [9.17, 15) is 0 Å². The van der Waals surface area contributed by atoms with Crippen molar-refractivity contribution < 1.29 is 14.0 Å². The number of hydrogen-bond donors (Lipinski definition) is 0. The van der Waals surface area contributed by atoms with Crippen molar-refractivity contribution in [2.24, 2.45) is 0 Å². The first-order valence-corrected chi connectivity index (χ1v) is 5.39. The van der Waals surface area contributed by atoms with E-state index >= 15 is 0 Å². The summed E-state index contributed by atoms with van der Waals surface area (Å²) in [6, 6.07) is 1.86. The third-order valence-corrected chi connectivity index (χ3v) is 2.13. The van der Waals surface area contributed by atoms with Crippen molar-refractivity contribution in [2.45, 2.75) is 25.7 Å². The highest BCUT2D eigenvalue weighted by molar-refractivity contribution is 4.94. The van der Waals surface area contributed by atoms with E-state index in [-0.39, 0.29) is 0 Å².